The summed E-state index contributed by atoms with van der Waals surface area (Å²) < 4.78 is 13.9. The number of aliphatic imine (C=N–C) groups is 1. The first-order chi connectivity index (χ1) is 34.8. The third kappa shape index (κ3) is 11.2. The smallest absolute Gasteiger partial charge is 0.258 e. The minimum atomic E-state index is -1.03. The molecule has 17 nitrogen and oxygen atoms in total. The summed E-state index contributed by atoms with van der Waals surface area (Å²) in [6.07, 6.45) is 1.68. The number of fused-ring (bicyclic) bond motifs is 3. The lowest BCUT2D eigenvalue weighted by Crippen LogP contribution is -2.58. The molecule has 5 atom stereocenters. The monoisotopic (exact) mass is 1050 g/mol. The van der Waals surface area contributed by atoms with Crippen molar-refractivity contribution in [2.75, 3.05) is 13.2 Å². The Morgan fingerprint density at radius 3 is 2.30 bits per heavy atom. The molecule has 6 aromatic rings. The number of carbonyl (C=O) groups is 4. The van der Waals surface area contributed by atoms with Gasteiger partial charge in [0.2, 0.25) is 23.6 Å². The van der Waals surface area contributed by atoms with E-state index < -0.39 is 54.0 Å². The molecule has 1 saturated heterocycles. The van der Waals surface area contributed by atoms with E-state index in [1.165, 1.54) is 11.1 Å². The highest BCUT2D eigenvalue weighted by Crippen LogP contribution is 2.40. The number of β-amino-alcohol motifs (C(OH)–C–C–N with tert-alkyl or cyclic N) is 1. The summed E-state index contributed by atoms with van der Waals surface area (Å²) in [6, 6.07) is 15.7. The first kappa shape index (κ1) is 51.4. The van der Waals surface area contributed by atoms with Crippen LogP contribution in [0.15, 0.2) is 77.4 Å². The fraction of sp³-hybridized carbons (Fsp3) is 0.415. The number of ether oxygens (including phenoxy) is 2. The van der Waals surface area contributed by atoms with Gasteiger partial charge in [0.25, 0.3) is 5.91 Å². The topological polar surface area (TPSA) is 215 Å². The Balaban J connectivity index is 0.750. The number of likely N-dealkylation sites (tertiary alicyclic amines) is 1. The molecule has 1 unspecified atom stereocenters. The van der Waals surface area contributed by atoms with Crippen LogP contribution in [0.4, 0.5) is 0 Å². The molecule has 9 rings (SSSR count). The summed E-state index contributed by atoms with van der Waals surface area (Å²) in [5.74, 6) is 0.432. The van der Waals surface area contributed by atoms with Gasteiger partial charge >= 0.3 is 0 Å². The van der Waals surface area contributed by atoms with Crippen molar-refractivity contribution in [3.8, 4) is 27.1 Å². The Morgan fingerprint density at radius 2 is 1.63 bits per heavy atom. The number of aromatic nitrogens is 5. The summed E-state index contributed by atoms with van der Waals surface area (Å²) in [4.78, 5) is 72.4. The fourth-order valence-electron chi connectivity index (χ4n) is 9.43. The zero-order valence-corrected chi connectivity index (χ0v) is 44.3. The largest absolute Gasteiger partial charge is 0.482 e. The number of rotatable bonds is 15. The SMILES string of the molecule is Cc1ncsc1-c1ccc([C@H](C)NC(=O)[C@@H]2C[C@@H](O)CN2C(=O)C(NC(=O)COc2ccc(O[C@H]3C[C@H](NC(=O)C[C@@H]4N=C(c5ccc(Cl)cc5)c5c(sc(C)c5C)-n5c(C)nnc54)C3)nc2)C(C)(C)C)cc1. The molecule has 73 heavy (non-hydrogen) atoms. The van der Waals surface area contributed by atoms with Crippen LogP contribution in [0.5, 0.6) is 11.6 Å². The van der Waals surface area contributed by atoms with Gasteiger partial charge in [-0.1, -0.05) is 68.8 Å². The third-order valence-corrected chi connectivity index (χ3v) is 16.0. The van der Waals surface area contributed by atoms with Crippen molar-refractivity contribution in [2.45, 2.75) is 123 Å². The zero-order chi connectivity index (χ0) is 51.9. The van der Waals surface area contributed by atoms with E-state index >= 15 is 0 Å². The van der Waals surface area contributed by atoms with Crippen molar-refractivity contribution < 1.29 is 33.8 Å². The summed E-state index contributed by atoms with van der Waals surface area (Å²) >= 11 is 9.49. The number of nitrogens with one attached hydrogen (secondary N) is 3. The molecule has 0 bridgehead atoms. The molecule has 6 heterocycles. The molecule has 20 heteroatoms. The van der Waals surface area contributed by atoms with Gasteiger partial charge in [0.1, 0.15) is 40.8 Å². The van der Waals surface area contributed by atoms with Crippen LogP contribution in [0.2, 0.25) is 5.02 Å². The van der Waals surface area contributed by atoms with Gasteiger partial charge in [-0.15, -0.1) is 32.9 Å². The van der Waals surface area contributed by atoms with E-state index in [4.69, 9.17) is 26.1 Å². The minimum Gasteiger partial charge on any atom is -0.482 e. The van der Waals surface area contributed by atoms with Crippen LogP contribution in [0.3, 0.4) is 0 Å². The van der Waals surface area contributed by atoms with Crippen molar-refractivity contribution >= 4 is 63.6 Å². The Morgan fingerprint density at radius 1 is 0.904 bits per heavy atom. The van der Waals surface area contributed by atoms with Crippen molar-refractivity contribution in [3.05, 3.63) is 122 Å². The van der Waals surface area contributed by atoms with E-state index in [9.17, 15) is 24.3 Å². The number of aryl methyl sites for hydroxylation is 3. The Kier molecular flexibility index (Phi) is 14.9. The van der Waals surface area contributed by atoms with Gasteiger partial charge in [0.15, 0.2) is 12.4 Å². The third-order valence-electron chi connectivity index (χ3n) is 13.6. The van der Waals surface area contributed by atoms with Gasteiger partial charge in [-0.05, 0) is 74.9 Å². The second kappa shape index (κ2) is 21.1. The molecule has 0 spiro atoms. The molecule has 2 aromatic carbocycles. The lowest BCUT2D eigenvalue weighted by Gasteiger charge is -2.35. The van der Waals surface area contributed by atoms with Crippen LogP contribution in [0.1, 0.15) is 110 Å². The van der Waals surface area contributed by atoms with E-state index in [0.717, 1.165) is 59.8 Å². The van der Waals surface area contributed by atoms with E-state index in [2.05, 4.69) is 50.0 Å². The van der Waals surface area contributed by atoms with Gasteiger partial charge in [-0.25, -0.2) is 9.97 Å². The highest BCUT2D eigenvalue weighted by atomic mass is 35.5. The Hall–Kier alpha value is -6.54. The van der Waals surface area contributed by atoms with Gasteiger partial charge in [0, 0.05) is 58.9 Å². The number of hydrogen-bond acceptors (Lipinski definition) is 14. The molecular formula is C53H59ClN10O7S2. The molecule has 382 valence electrons. The maximum absolute atomic E-state index is 14.2. The van der Waals surface area contributed by atoms with Crippen molar-refractivity contribution in [3.63, 3.8) is 0 Å². The molecule has 3 aliphatic rings. The molecule has 4 aromatic heterocycles. The number of carbonyl (C=O) groups excluding carboxylic acids is 4. The Labute approximate surface area is 436 Å². The van der Waals surface area contributed by atoms with Crippen LogP contribution in [0.25, 0.3) is 15.4 Å². The first-order valence-corrected chi connectivity index (χ1v) is 26.4. The van der Waals surface area contributed by atoms with E-state index in [1.807, 2.05) is 100 Å². The summed E-state index contributed by atoms with van der Waals surface area (Å²) in [7, 11) is 0. The number of halogens is 1. The number of aliphatic hydroxyl groups excluding tert-OH is 1. The average Bonchev–Trinajstić information content (AvgIpc) is 4.11. The minimum absolute atomic E-state index is 0.0471. The number of amides is 4. The Bertz CT molecular complexity index is 3050. The molecule has 1 aliphatic carbocycles. The number of thiazole rings is 1. The zero-order valence-electron chi connectivity index (χ0n) is 41.9. The highest BCUT2D eigenvalue weighted by molar-refractivity contribution is 7.15. The predicted molar refractivity (Wildman–Crippen MR) is 280 cm³/mol. The number of nitrogens with zero attached hydrogens (tertiary/aromatic N) is 7. The second-order valence-corrected chi connectivity index (χ2v) is 22.6. The van der Waals surface area contributed by atoms with Crippen LogP contribution >= 0.6 is 34.3 Å². The second-order valence-electron chi connectivity index (χ2n) is 20.1. The summed E-state index contributed by atoms with van der Waals surface area (Å²) in [5, 5.41) is 30.2. The molecule has 2 fully saturated rings. The van der Waals surface area contributed by atoms with Crippen molar-refractivity contribution in [1.29, 1.82) is 0 Å². The van der Waals surface area contributed by atoms with Crippen LogP contribution in [-0.4, -0.2) is 108 Å². The maximum atomic E-state index is 14.2. The van der Waals surface area contributed by atoms with Gasteiger partial charge in [-0.3, -0.25) is 28.7 Å². The molecule has 0 radical (unpaired) electrons. The highest BCUT2D eigenvalue weighted by Gasteiger charge is 2.45. The predicted octanol–water partition coefficient (Wildman–Crippen LogP) is 7.49. The maximum Gasteiger partial charge on any atom is 0.258 e. The van der Waals surface area contributed by atoms with Crippen LogP contribution in [0, 0.1) is 33.1 Å². The molecule has 4 N–H and O–H groups in total. The quantitative estimate of drug-likeness (QED) is 0.0791. The van der Waals surface area contributed by atoms with E-state index in [1.54, 1.807) is 34.8 Å². The standard InChI is InChI=1S/C53H59ClN10O7S2/c1-27-30(4)73-52-45(27)46(33-13-15-35(54)16-14-33)59-40(49-62-61-31(5)64(49)52)22-42(66)58-36-19-39(20-36)71-44-18-17-38(23-55-44)70-25-43(67)60-48(53(6,7)8)51(69)63-24-37(65)21-41(63)50(68)57-28(2)32-9-11-34(12-10-32)47-29(3)56-26-72-47/h9-18,23,26,28,36-37,39-41,48,65H,19-22,24-25H2,1-8H3,(H,57,68)(H,58,66)(H,60,67)/t28-,36-,37+,39-,40-,41-,48?/m0/s1. The number of hydrogen-bond donors (Lipinski definition) is 4. The van der Waals surface area contributed by atoms with Crippen LogP contribution in [-0.2, 0) is 19.2 Å². The summed E-state index contributed by atoms with van der Waals surface area (Å²) in [5.41, 5.74) is 7.73. The van der Waals surface area contributed by atoms with Gasteiger partial charge in [-0.2, -0.15) is 0 Å². The van der Waals surface area contributed by atoms with Gasteiger partial charge < -0.3 is 35.4 Å². The van der Waals surface area contributed by atoms with Gasteiger partial charge in [0.05, 0.1) is 46.6 Å². The molecule has 1 saturated carbocycles. The molecular weight excluding hydrogens is 988 g/mol. The molecule has 4 amide bonds. The number of thiophene rings is 1. The van der Waals surface area contributed by atoms with E-state index in [-0.39, 0.29) is 43.5 Å². The number of pyridine rings is 1. The lowest BCUT2D eigenvalue weighted by molar-refractivity contribution is -0.144. The van der Waals surface area contributed by atoms with Crippen LogP contribution < -0.4 is 25.4 Å². The summed E-state index contributed by atoms with van der Waals surface area (Å²) in [6.45, 7) is 14.9. The molecule has 2 aliphatic heterocycles. The normalized spacial score (nSPS) is 20.1. The average molecular weight is 1050 g/mol. The number of benzene rings is 2. The van der Waals surface area contributed by atoms with Crippen molar-refractivity contribution in [1.82, 2.24) is 45.6 Å². The lowest BCUT2D eigenvalue weighted by atomic mass is 9.85. The van der Waals surface area contributed by atoms with E-state index in [0.29, 0.717) is 35.3 Å². The fourth-order valence-corrected chi connectivity index (χ4v) is 11.6. The number of aliphatic hydroxyl groups is 1. The van der Waals surface area contributed by atoms with Crippen molar-refractivity contribution in [2.24, 2.45) is 10.4 Å². The first-order valence-electron chi connectivity index (χ1n) is 24.3.